The Kier molecular flexibility index (Phi) is 3.94. The molecule has 2 aromatic rings. The van der Waals surface area contributed by atoms with Crippen LogP contribution in [0, 0.1) is 6.92 Å². The van der Waals surface area contributed by atoms with Gasteiger partial charge in [-0.15, -0.1) is 0 Å². The van der Waals surface area contributed by atoms with E-state index in [0.717, 1.165) is 17.7 Å². The van der Waals surface area contributed by atoms with Gasteiger partial charge in [0, 0.05) is 4.47 Å². The number of benzene rings is 2. The molecule has 0 radical (unpaired) electrons. The molecule has 2 aromatic carbocycles. The van der Waals surface area contributed by atoms with Crippen molar-refractivity contribution < 1.29 is 13.2 Å². The highest BCUT2D eigenvalue weighted by molar-refractivity contribution is 9.10. The fourth-order valence-corrected chi connectivity index (χ4v) is 2.08. The van der Waals surface area contributed by atoms with Gasteiger partial charge >= 0.3 is 6.18 Å². The van der Waals surface area contributed by atoms with Gasteiger partial charge in [0.05, 0.1) is 22.6 Å². The molecule has 0 fully saturated rings. The van der Waals surface area contributed by atoms with E-state index in [1.807, 2.05) is 13.0 Å². The van der Waals surface area contributed by atoms with Crippen LogP contribution in [0.15, 0.2) is 40.9 Å². The van der Waals surface area contributed by atoms with Gasteiger partial charge in [0.1, 0.15) is 0 Å². The second kappa shape index (κ2) is 5.36. The highest BCUT2D eigenvalue weighted by atomic mass is 79.9. The standard InChI is InChI=1S/C14H12BrF3N2/c1-8-2-5-12(11(19)6-8)20-13-7-9(14(16,17)18)3-4-10(13)15/h2-7,20H,19H2,1H3. The molecule has 0 aliphatic carbocycles. The fraction of sp³-hybridized carbons (Fsp3) is 0.143. The van der Waals surface area contributed by atoms with E-state index in [2.05, 4.69) is 21.2 Å². The SMILES string of the molecule is Cc1ccc(Nc2cc(C(F)(F)F)ccc2Br)c(N)c1. The van der Waals surface area contributed by atoms with Gasteiger partial charge in [-0.25, -0.2) is 0 Å². The average Bonchev–Trinajstić information content (AvgIpc) is 2.33. The lowest BCUT2D eigenvalue weighted by atomic mass is 10.1. The molecule has 0 amide bonds. The number of rotatable bonds is 2. The van der Waals surface area contributed by atoms with Crippen LogP contribution in [0.1, 0.15) is 11.1 Å². The van der Waals surface area contributed by atoms with Crippen LogP contribution in [0.5, 0.6) is 0 Å². The number of hydrogen-bond acceptors (Lipinski definition) is 2. The third kappa shape index (κ3) is 3.25. The van der Waals surface area contributed by atoms with Crippen LogP contribution >= 0.6 is 15.9 Å². The lowest BCUT2D eigenvalue weighted by Gasteiger charge is -2.14. The quantitative estimate of drug-likeness (QED) is 0.743. The number of nitrogens with two attached hydrogens (primary N) is 1. The molecule has 0 spiro atoms. The predicted molar refractivity (Wildman–Crippen MR) is 78.0 cm³/mol. The number of nitrogens with one attached hydrogen (secondary N) is 1. The molecule has 106 valence electrons. The van der Waals surface area contributed by atoms with Crippen molar-refractivity contribution in [1.29, 1.82) is 0 Å². The number of aryl methyl sites for hydroxylation is 1. The fourth-order valence-electron chi connectivity index (χ4n) is 1.74. The Morgan fingerprint density at radius 2 is 1.75 bits per heavy atom. The van der Waals surface area contributed by atoms with Crippen molar-refractivity contribution in [3.05, 3.63) is 52.0 Å². The molecule has 2 rings (SSSR count). The molecule has 2 nitrogen and oxygen atoms in total. The number of alkyl halides is 3. The summed E-state index contributed by atoms with van der Waals surface area (Å²) in [4.78, 5) is 0. The molecule has 6 heteroatoms. The third-order valence-corrected chi connectivity index (χ3v) is 3.46. The summed E-state index contributed by atoms with van der Waals surface area (Å²) in [5.41, 5.74) is 7.47. The number of nitrogen functional groups attached to an aromatic ring is 1. The zero-order valence-corrected chi connectivity index (χ0v) is 12.1. The third-order valence-electron chi connectivity index (χ3n) is 2.77. The maximum absolute atomic E-state index is 12.7. The maximum atomic E-state index is 12.7. The Morgan fingerprint density at radius 3 is 2.35 bits per heavy atom. The molecule has 3 N–H and O–H groups in total. The van der Waals surface area contributed by atoms with E-state index in [1.165, 1.54) is 6.07 Å². The van der Waals surface area contributed by atoms with Gasteiger partial charge in [0.25, 0.3) is 0 Å². The summed E-state index contributed by atoms with van der Waals surface area (Å²) in [6.07, 6.45) is -4.38. The van der Waals surface area contributed by atoms with Crippen molar-refractivity contribution in [2.45, 2.75) is 13.1 Å². The summed E-state index contributed by atoms with van der Waals surface area (Å²) in [5.74, 6) is 0. The minimum Gasteiger partial charge on any atom is -0.397 e. The lowest BCUT2D eigenvalue weighted by molar-refractivity contribution is -0.137. The highest BCUT2D eigenvalue weighted by Crippen LogP contribution is 2.36. The minimum atomic E-state index is -4.38. The van der Waals surface area contributed by atoms with E-state index >= 15 is 0 Å². The zero-order chi connectivity index (χ0) is 14.9. The second-order valence-corrected chi connectivity index (χ2v) is 5.26. The lowest BCUT2D eigenvalue weighted by Crippen LogP contribution is -2.06. The first-order valence-corrected chi connectivity index (χ1v) is 6.56. The molecule has 20 heavy (non-hydrogen) atoms. The van der Waals surface area contributed by atoms with Crippen LogP contribution in [-0.4, -0.2) is 0 Å². The normalized spacial score (nSPS) is 11.4. The summed E-state index contributed by atoms with van der Waals surface area (Å²) in [7, 11) is 0. The largest absolute Gasteiger partial charge is 0.416 e. The predicted octanol–water partition coefficient (Wildman–Crippen LogP) is 5.10. The first-order valence-electron chi connectivity index (χ1n) is 5.77. The van der Waals surface area contributed by atoms with Gasteiger partial charge < -0.3 is 11.1 Å². The smallest absolute Gasteiger partial charge is 0.397 e. The van der Waals surface area contributed by atoms with Crippen molar-refractivity contribution in [3.8, 4) is 0 Å². The van der Waals surface area contributed by atoms with Crippen LogP contribution in [-0.2, 0) is 6.18 Å². The van der Waals surface area contributed by atoms with E-state index < -0.39 is 11.7 Å². The highest BCUT2D eigenvalue weighted by Gasteiger charge is 2.30. The first kappa shape index (κ1) is 14.7. The van der Waals surface area contributed by atoms with Gasteiger partial charge in [-0.05, 0) is 58.7 Å². The average molecular weight is 345 g/mol. The second-order valence-electron chi connectivity index (χ2n) is 4.41. The van der Waals surface area contributed by atoms with E-state index in [0.29, 0.717) is 21.5 Å². The molecule has 0 bridgehead atoms. The van der Waals surface area contributed by atoms with Crippen LogP contribution in [0.3, 0.4) is 0 Å². The summed E-state index contributed by atoms with van der Waals surface area (Å²) in [6.45, 7) is 1.89. The topological polar surface area (TPSA) is 38.0 Å². The van der Waals surface area contributed by atoms with Crippen molar-refractivity contribution >= 4 is 33.0 Å². The monoisotopic (exact) mass is 344 g/mol. The van der Waals surface area contributed by atoms with Gasteiger partial charge in [0.2, 0.25) is 0 Å². The minimum absolute atomic E-state index is 0.315. The number of halogens is 4. The molecule has 0 aliphatic rings. The summed E-state index contributed by atoms with van der Waals surface area (Å²) < 4.78 is 38.6. The van der Waals surface area contributed by atoms with Crippen LogP contribution in [0.25, 0.3) is 0 Å². The molecule has 0 heterocycles. The molecular formula is C14H12BrF3N2. The van der Waals surface area contributed by atoms with Crippen molar-refractivity contribution in [2.24, 2.45) is 0 Å². The van der Waals surface area contributed by atoms with Gasteiger partial charge in [-0.1, -0.05) is 6.07 Å². The van der Waals surface area contributed by atoms with E-state index in [9.17, 15) is 13.2 Å². The number of hydrogen-bond donors (Lipinski definition) is 2. The van der Waals surface area contributed by atoms with E-state index in [1.54, 1.807) is 12.1 Å². The molecule has 0 saturated heterocycles. The molecular weight excluding hydrogens is 333 g/mol. The maximum Gasteiger partial charge on any atom is 0.416 e. The van der Waals surface area contributed by atoms with Gasteiger partial charge in [0.15, 0.2) is 0 Å². The van der Waals surface area contributed by atoms with Crippen molar-refractivity contribution in [2.75, 3.05) is 11.1 Å². The van der Waals surface area contributed by atoms with Gasteiger partial charge in [-0.3, -0.25) is 0 Å². The van der Waals surface area contributed by atoms with Crippen molar-refractivity contribution in [3.63, 3.8) is 0 Å². The molecule has 0 unspecified atom stereocenters. The molecule has 0 atom stereocenters. The Bertz CT molecular complexity index is 639. The Hall–Kier alpha value is -1.69. The summed E-state index contributed by atoms with van der Waals surface area (Å²) in [5, 5.41) is 2.91. The van der Waals surface area contributed by atoms with Crippen LogP contribution in [0.4, 0.5) is 30.2 Å². The summed E-state index contributed by atoms with van der Waals surface area (Å²) >= 11 is 3.22. The summed E-state index contributed by atoms with van der Waals surface area (Å²) in [6, 6.07) is 8.74. The first-order chi connectivity index (χ1) is 9.27. The van der Waals surface area contributed by atoms with E-state index in [-0.39, 0.29) is 0 Å². The molecule has 0 saturated carbocycles. The van der Waals surface area contributed by atoms with Crippen LogP contribution < -0.4 is 11.1 Å². The molecule has 0 aromatic heterocycles. The van der Waals surface area contributed by atoms with Crippen molar-refractivity contribution in [1.82, 2.24) is 0 Å². The number of anilines is 3. The van der Waals surface area contributed by atoms with Gasteiger partial charge in [-0.2, -0.15) is 13.2 Å². The Labute approximate surface area is 122 Å². The zero-order valence-electron chi connectivity index (χ0n) is 10.6. The van der Waals surface area contributed by atoms with E-state index in [4.69, 9.17) is 5.73 Å². The van der Waals surface area contributed by atoms with Crippen LogP contribution in [0.2, 0.25) is 0 Å². The Balaban J connectivity index is 2.38. The molecule has 0 aliphatic heterocycles. The Morgan fingerprint density at radius 1 is 1.05 bits per heavy atom.